The molecule has 1 aliphatic rings. The van der Waals surface area contributed by atoms with Gasteiger partial charge in [0.25, 0.3) is 0 Å². The third-order valence-corrected chi connectivity index (χ3v) is 8.42. The summed E-state index contributed by atoms with van der Waals surface area (Å²) in [4.78, 5) is 4.89. The van der Waals surface area contributed by atoms with Gasteiger partial charge in [-0.25, -0.2) is 8.42 Å². The Morgan fingerprint density at radius 1 is 0.946 bits per heavy atom. The number of rotatable bonds is 7. The summed E-state index contributed by atoms with van der Waals surface area (Å²) in [5, 5.41) is 12.6. The Kier molecular flexibility index (Phi) is 6.88. The number of ether oxygens (including phenoxy) is 1. The van der Waals surface area contributed by atoms with Crippen LogP contribution < -0.4 is 4.74 Å². The molecule has 1 fully saturated rings. The van der Waals surface area contributed by atoms with E-state index < -0.39 is 27.9 Å². The Hall–Kier alpha value is -3.12. The fourth-order valence-corrected chi connectivity index (χ4v) is 6.13. The average molecular weight is 534 g/mol. The van der Waals surface area contributed by atoms with Crippen LogP contribution in [0.15, 0.2) is 71.6 Å². The van der Waals surface area contributed by atoms with E-state index in [9.17, 15) is 26.7 Å². The predicted molar refractivity (Wildman–Crippen MR) is 134 cm³/mol. The maximum Gasteiger partial charge on any atom is 0.416 e. The number of halogens is 3. The number of aromatic amines is 1. The molecule has 0 aliphatic carbocycles. The Morgan fingerprint density at radius 3 is 2.41 bits per heavy atom. The topological polar surface area (TPSA) is 85.9 Å². The zero-order chi connectivity index (χ0) is 26.2. The van der Waals surface area contributed by atoms with Crippen molar-refractivity contribution in [2.45, 2.75) is 17.2 Å². The van der Waals surface area contributed by atoms with Crippen LogP contribution in [0, 0.1) is 0 Å². The summed E-state index contributed by atoms with van der Waals surface area (Å²) in [5.74, 6) is 0.658. The number of aliphatic hydroxyl groups is 1. The predicted octanol–water partition coefficient (Wildman–Crippen LogP) is 4.09. The largest absolute Gasteiger partial charge is 0.490 e. The molecule has 0 radical (unpaired) electrons. The molecular formula is C26H26F3N3O4S. The third-order valence-electron chi connectivity index (χ3n) is 6.52. The number of sulfonamides is 1. The zero-order valence-electron chi connectivity index (χ0n) is 19.8. The van der Waals surface area contributed by atoms with Crippen molar-refractivity contribution in [1.29, 1.82) is 0 Å². The molecule has 0 saturated carbocycles. The second-order valence-electron chi connectivity index (χ2n) is 9.04. The number of para-hydroxylation sites is 1. The molecule has 4 aromatic rings. The van der Waals surface area contributed by atoms with E-state index in [1.165, 1.54) is 10.4 Å². The lowest BCUT2D eigenvalue weighted by molar-refractivity contribution is -0.137. The van der Waals surface area contributed by atoms with Crippen LogP contribution in [-0.2, 0) is 16.2 Å². The van der Waals surface area contributed by atoms with E-state index in [2.05, 4.69) is 4.98 Å². The van der Waals surface area contributed by atoms with Gasteiger partial charge in [0, 0.05) is 49.0 Å². The van der Waals surface area contributed by atoms with Crippen LogP contribution >= 0.6 is 0 Å². The monoisotopic (exact) mass is 533 g/mol. The van der Waals surface area contributed by atoms with Crippen LogP contribution in [0.3, 0.4) is 0 Å². The number of H-pyrrole nitrogens is 1. The van der Waals surface area contributed by atoms with Gasteiger partial charge in [0.15, 0.2) is 0 Å². The van der Waals surface area contributed by atoms with Gasteiger partial charge >= 0.3 is 6.18 Å². The number of hydrogen-bond acceptors (Lipinski definition) is 5. The summed E-state index contributed by atoms with van der Waals surface area (Å²) in [6.07, 6.45) is -5.44. The van der Waals surface area contributed by atoms with Crippen LogP contribution in [0.25, 0.3) is 21.8 Å². The van der Waals surface area contributed by atoms with Crippen LogP contribution in [0.2, 0.25) is 0 Å². The highest BCUT2D eigenvalue weighted by molar-refractivity contribution is 7.89. The number of aromatic nitrogens is 1. The van der Waals surface area contributed by atoms with Gasteiger partial charge < -0.3 is 14.8 Å². The Balaban J connectivity index is 1.18. The number of fused-ring (bicyclic) bond motifs is 3. The molecule has 0 bridgehead atoms. The number of aliphatic hydroxyl groups excluding tert-OH is 1. The van der Waals surface area contributed by atoms with E-state index in [1.807, 2.05) is 47.4 Å². The molecule has 1 atom stereocenters. The van der Waals surface area contributed by atoms with E-state index in [4.69, 9.17) is 4.74 Å². The smallest absolute Gasteiger partial charge is 0.416 e. The van der Waals surface area contributed by atoms with Crippen molar-refractivity contribution < 1.29 is 31.4 Å². The first-order valence-electron chi connectivity index (χ1n) is 11.8. The number of benzene rings is 3. The highest BCUT2D eigenvalue weighted by Gasteiger charge is 2.34. The Labute approximate surface area is 212 Å². The minimum absolute atomic E-state index is 0.0569. The third kappa shape index (κ3) is 5.30. The summed E-state index contributed by atoms with van der Waals surface area (Å²) in [6, 6.07) is 17.4. The second-order valence-corrected chi connectivity index (χ2v) is 11.0. The van der Waals surface area contributed by atoms with Gasteiger partial charge in [-0.1, -0.05) is 30.3 Å². The van der Waals surface area contributed by atoms with Gasteiger partial charge in [-0.2, -0.15) is 17.5 Å². The second kappa shape index (κ2) is 9.97. The lowest BCUT2D eigenvalue weighted by Gasteiger charge is -2.34. The molecule has 196 valence electrons. The number of nitrogens with zero attached hydrogens (tertiary/aromatic N) is 2. The molecule has 5 rings (SSSR count). The highest BCUT2D eigenvalue weighted by atomic mass is 32.2. The van der Waals surface area contributed by atoms with Crippen molar-refractivity contribution in [3.05, 3.63) is 72.3 Å². The quantitative estimate of drug-likeness (QED) is 0.374. The lowest BCUT2D eigenvalue weighted by Crippen LogP contribution is -2.50. The minimum atomic E-state index is -4.62. The summed E-state index contributed by atoms with van der Waals surface area (Å²) in [6.45, 7) is 1.24. The van der Waals surface area contributed by atoms with Crippen molar-refractivity contribution >= 4 is 31.8 Å². The fraction of sp³-hybridized carbons (Fsp3) is 0.308. The number of β-amino-alcohol motifs (C(OH)–C–C–N with tert-alkyl or cyclic N) is 1. The molecule has 0 amide bonds. The molecule has 2 N–H and O–H groups in total. The SMILES string of the molecule is O=S(=O)(c1cccc(C(F)(F)F)c1)N1CCN(CC(O)COc2cccc3[nH]c4ccccc4c23)CC1. The first-order valence-corrected chi connectivity index (χ1v) is 13.3. The van der Waals surface area contributed by atoms with E-state index in [0.717, 1.165) is 33.9 Å². The number of nitrogens with one attached hydrogen (secondary N) is 1. The standard InChI is InChI=1S/C26H26F3N3O4S/c27-26(28,29)18-5-3-6-20(15-18)37(34,35)32-13-11-31(12-14-32)16-19(33)17-36-24-10-4-9-23-25(24)21-7-1-2-8-22(21)30-23/h1-10,15,19,30,33H,11-14,16-17H2. The van der Waals surface area contributed by atoms with E-state index in [-0.39, 0.29) is 31.1 Å². The Bertz CT molecular complexity index is 1510. The molecule has 2 heterocycles. The van der Waals surface area contributed by atoms with Gasteiger partial charge in [-0.3, -0.25) is 4.90 Å². The maximum atomic E-state index is 13.0. The average Bonchev–Trinajstić information content (AvgIpc) is 3.27. The maximum absolute atomic E-state index is 13.0. The fourth-order valence-electron chi connectivity index (χ4n) is 4.66. The summed E-state index contributed by atoms with van der Waals surface area (Å²) < 4.78 is 72.0. The first-order chi connectivity index (χ1) is 17.6. The molecule has 1 unspecified atom stereocenters. The molecule has 1 saturated heterocycles. The van der Waals surface area contributed by atoms with Crippen molar-refractivity contribution in [2.75, 3.05) is 39.3 Å². The first kappa shape index (κ1) is 25.5. The van der Waals surface area contributed by atoms with Crippen molar-refractivity contribution in [1.82, 2.24) is 14.2 Å². The van der Waals surface area contributed by atoms with Crippen LogP contribution in [0.1, 0.15) is 5.56 Å². The van der Waals surface area contributed by atoms with Gasteiger partial charge in [-0.15, -0.1) is 0 Å². The van der Waals surface area contributed by atoms with Crippen molar-refractivity contribution in [3.8, 4) is 5.75 Å². The molecule has 1 aromatic heterocycles. The van der Waals surface area contributed by atoms with Crippen LogP contribution in [-0.4, -0.2) is 73.1 Å². The number of hydrogen-bond donors (Lipinski definition) is 2. The molecule has 1 aliphatic heterocycles. The molecule has 7 nitrogen and oxygen atoms in total. The zero-order valence-corrected chi connectivity index (χ0v) is 20.6. The van der Waals surface area contributed by atoms with Gasteiger partial charge in [0.1, 0.15) is 18.5 Å². The van der Waals surface area contributed by atoms with Crippen molar-refractivity contribution in [2.24, 2.45) is 0 Å². The number of piperazine rings is 1. The lowest BCUT2D eigenvalue weighted by atomic mass is 10.1. The van der Waals surface area contributed by atoms with Gasteiger partial charge in [0.05, 0.1) is 16.0 Å². The van der Waals surface area contributed by atoms with Crippen LogP contribution in [0.5, 0.6) is 5.75 Å². The van der Waals surface area contributed by atoms with E-state index in [1.54, 1.807) is 0 Å². The van der Waals surface area contributed by atoms with E-state index >= 15 is 0 Å². The molecule has 0 spiro atoms. The normalized spacial score (nSPS) is 16.9. The molecular weight excluding hydrogens is 507 g/mol. The minimum Gasteiger partial charge on any atom is -0.490 e. The number of alkyl halides is 3. The van der Waals surface area contributed by atoms with Gasteiger partial charge in [0.2, 0.25) is 10.0 Å². The summed E-state index contributed by atoms with van der Waals surface area (Å²) in [7, 11) is -4.06. The Morgan fingerprint density at radius 2 is 1.65 bits per heavy atom. The van der Waals surface area contributed by atoms with E-state index in [0.29, 0.717) is 24.9 Å². The van der Waals surface area contributed by atoms with Gasteiger partial charge in [-0.05, 0) is 36.4 Å². The van der Waals surface area contributed by atoms with Crippen molar-refractivity contribution in [3.63, 3.8) is 0 Å². The molecule has 11 heteroatoms. The molecule has 3 aromatic carbocycles. The summed E-state index contributed by atoms with van der Waals surface area (Å²) >= 11 is 0. The molecule has 37 heavy (non-hydrogen) atoms. The highest BCUT2D eigenvalue weighted by Crippen LogP contribution is 2.33. The van der Waals surface area contributed by atoms with Crippen LogP contribution in [0.4, 0.5) is 13.2 Å². The summed E-state index contributed by atoms with van der Waals surface area (Å²) in [5.41, 5.74) is 0.928.